The Morgan fingerprint density at radius 1 is 1.40 bits per heavy atom. The number of aryl methyl sites for hydroxylation is 1. The van der Waals surface area contributed by atoms with Gasteiger partial charge in [0.15, 0.2) is 5.11 Å². The number of benzene rings is 1. The van der Waals surface area contributed by atoms with Crippen LogP contribution in [0.2, 0.25) is 5.02 Å². The van der Waals surface area contributed by atoms with E-state index in [1.54, 1.807) is 13.0 Å². The highest BCUT2D eigenvalue weighted by Gasteiger charge is 2.68. The molecule has 0 spiro atoms. The molecule has 0 radical (unpaired) electrons. The van der Waals surface area contributed by atoms with Crippen LogP contribution in [0.15, 0.2) is 18.2 Å². The van der Waals surface area contributed by atoms with Crippen LogP contribution in [0, 0.1) is 12.3 Å². The second-order valence-electron chi connectivity index (χ2n) is 5.09. The fourth-order valence-electron chi connectivity index (χ4n) is 1.72. The highest BCUT2D eigenvalue weighted by atomic mass is 35.5. The van der Waals surface area contributed by atoms with E-state index in [9.17, 15) is 4.79 Å². The fraction of sp³-hybridized carbons (Fsp3) is 0.385. The number of nitrogens with one attached hydrogen (secondary N) is 2. The third-order valence-electron chi connectivity index (χ3n) is 3.42. The van der Waals surface area contributed by atoms with Crippen molar-refractivity contribution in [1.82, 2.24) is 5.32 Å². The lowest BCUT2D eigenvalue weighted by molar-refractivity contribution is -0.124. The summed E-state index contributed by atoms with van der Waals surface area (Å²) in [6.07, 6.45) is 0.411. The molecule has 108 valence electrons. The Kier molecular flexibility index (Phi) is 4.22. The van der Waals surface area contributed by atoms with Crippen LogP contribution in [0.25, 0.3) is 0 Å². The number of halogens is 3. The maximum Gasteiger partial charge on any atom is 0.235 e. The van der Waals surface area contributed by atoms with Crippen LogP contribution in [0.3, 0.4) is 0 Å². The van der Waals surface area contributed by atoms with E-state index >= 15 is 0 Å². The number of hydrogen-bond acceptors (Lipinski definition) is 2. The summed E-state index contributed by atoms with van der Waals surface area (Å²) in [5.41, 5.74) is 0.869. The molecule has 1 aromatic carbocycles. The molecule has 0 bridgehead atoms. The zero-order valence-corrected chi connectivity index (χ0v) is 14.0. The van der Waals surface area contributed by atoms with Gasteiger partial charge in [-0.25, -0.2) is 0 Å². The SMILES string of the molecule is Cc1ccc(NC(=S)NC(=O)C2(C)CC2(Cl)Cl)cc1Cl. The largest absolute Gasteiger partial charge is 0.332 e. The lowest BCUT2D eigenvalue weighted by Crippen LogP contribution is -2.40. The van der Waals surface area contributed by atoms with Crippen LogP contribution in [0.5, 0.6) is 0 Å². The molecule has 0 heterocycles. The van der Waals surface area contributed by atoms with Gasteiger partial charge < -0.3 is 10.6 Å². The summed E-state index contributed by atoms with van der Waals surface area (Å²) >= 11 is 23.0. The molecule has 1 atom stereocenters. The Hall–Kier alpha value is -0.550. The molecule has 1 aliphatic rings. The highest BCUT2D eigenvalue weighted by Crippen LogP contribution is 2.63. The van der Waals surface area contributed by atoms with Gasteiger partial charge in [-0.15, -0.1) is 23.2 Å². The van der Waals surface area contributed by atoms with E-state index < -0.39 is 9.75 Å². The zero-order chi connectivity index (χ0) is 15.1. The van der Waals surface area contributed by atoms with Crippen molar-refractivity contribution in [3.63, 3.8) is 0 Å². The van der Waals surface area contributed by atoms with E-state index in [4.69, 9.17) is 47.0 Å². The topological polar surface area (TPSA) is 41.1 Å². The van der Waals surface area contributed by atoms with Crippen molar-refractivity contribution in [2.24, 2.45) is 5.41 Å². The summed E-state index contributed by atoms with van der Waals surface area (Å²) in [6.45, 7) is 3.61. The predicted octanol–water partition coefficient (Wildman–Crippen LogP) is 4.05. The molecule has 0 aromatic heterocycles. The van der Waals surface area contributed by atoms with E-state index in [0.717, 1.165) is 5.56 Å². The lowest BCUT2D eigenvalue weighted by Gasteiger charge is -2.14. The average molecular weight is 352 g/mol. The molecule has 1 unspecified atom stereocenters. The van der Waals surface area contributed by atoms with Crippen LogP contribution < -0.4 is 10.6 Å². The summed E-state index contributed by atoms with van der Waals surface area (Å²) in [6, 6.07) is 5.42. The van der Waals surface area contributed by atoms with Crippen molar-refractivity contribution in [3.05, 3.63) is 28.8 Å². The van der Waals surface area contributed by atoms with Crippen LogP contribution in [0.4, 0.5) is 5.69 Å². The van der Waals surface area contributed by atoms with E-state index in [1.807, 2.05) is 19.1 Å². The van der Waals surface area contributed by atoms with Crippen LogP contribution in [0.1, 0.15) is 18.9 Å². The lowest BCUT2D eigenvalue weighted by atomic mass is 10.1. The van der Waals surface area contributed by atoms with Crippen molar-refractivity contribution in [2.75, 3.05) is 5.32 Å². The Balaban J connectivity index is 1.96. The summed E-state index contributed by atoms with van der Waals surface area (Å²) in [4.78, 5) is 12.0. The minimum Gasteiger partial charge on any atom is -0.332 e. The molecule has 1 amide bonds. The number of alkyl halides is 2. The molecule has 0 aliphatic heterocycles. The Morgan fingerprint density at radius 3 is 2.50 bits per heavy atom. The minimum absolute atomic E-state index is 0.187. The second kappa shape index (κ2) is 5.34. The third kappa shape index (κ3) is 3.03. The van der Waals surface area contributed by atoms with Gasteiger partial charge in [0, 0.05) is 10.7 Å². The van der Waals surface area contributed by atoms with Gasteiger partial charge in [0.25, 0.3) is 0 Å². The second-order valence-corrected chi connectivity index (χ2v) is 7.38. The number of amides is 1. The van der Waals surface area contributed by atoms with Crippen molar-refractivity contribution < 1.29 is 4.79 Å². The molecule has 1 saturated carbocycles. The average Bonchev–Trinajstić information content (AvgIpc) is 2.85. The molecule has 1 aliphatic carbocycles. The first-order chi connectivity index (χ1) is 9.15. The Morgan fingerprint density at radius 2 is 2.00 bits per heavy atom. The standard InChI is InChI=1S/C13H13Cl3N2OS/c1-7-3-4-8(5-9(7)14)17-11(20)18-10(19)12(2)6-13(12,15)16/h3-5H,6H2,1-2H3,(H2,17,18,19,20). The normalized spacial score (nSPS) is 23.1. The van der Waals surface area contributed by atoms with Crippen LogP contribution in [-0.2, 0) is 4.79 Å². The van der Waals surface area contributed by atoms with Crippen molar-refractivity contribution in [2.45, 2.75) is 24.6 Å². The van der Waals surface area contributed by atoms with Crippen molar-refractivity contribution >= 4 is 63.7 Å². The number of anilines is 1. The summed E-state index contributed by atoms with van der Waals surface area (Å²) in [7, 11) is 0. The summed E-state index contributed by atoms with van der Waals surface area (Å²) < 4.78 is -1.01. The zero-order valence-electron chi connectivity index (χ0n) is 10.9. The van der Waals surface area contributed by atoms with Crippen molar-refractivity contribution in [1.29, 1.82) is 0 Å². The fourth-order valence-corrected chi connectivity index (χ4v) is 2.82. The molecule has 1 fully saturated rings. The van der Waals surface area contributed by atoms with E-state index in [-0.39, 0.29) is 11.0 Å². The van der Waals surface area contributed by atoms with Gasteiger partial charge >= 0.3 is 0 Å². The molecule has 20 heavy (non-hydrogen) atoms. The first kappa shape index (κ1) is 15.8. The molecule has 2 rings (SSSR count). The van der Waals surface area contributed by atoms with Gasteiger partial charge in [-0.1, -0.05) is 17.7 Å². The number of carbonyl (C=O) groups excluding carboxylic acids is 1. The van der Waals surface area contributed by atoms with Crippen molar-refractivity contribution in [3.8, 4) is 0 Å². The highest BCUT2D eigenvalue weighted by molar-refractivity contribution is 7.80. The maximum atomic E-state index is 12.0. The van der Waals surface area contributed by atoms with Gasteiger partial charge in [0.2, 0.25) is 5.91 Å². The van der Waals surface area contributed by atoms with E-state index in [0.29, 0.717) is 17.1 Å². The van der Waals surface area contributed by atoms with Gasteiger partial charge in [0.1, 0.15) is 4.33 Å². The van der Waals surface area contributed by atoms with E-state index in [1.165, 1.54) is 0 Å². The Bertz CT molecular complexity index is 591. The monoisotopic (exact) mass is 350 g/mol. The molecule has 7 heteroatoms. The quantitative estimate of drug-likeness (QED) is 0.624. The van der Waals surface area contributed by atoms with Gasteiger partial charge in [0.05, 0.1) is 5.41 Å². The third-order valence-corrected chi connectivity index (χ3v) is 5.13. The van der Waals surface area contributed by atoms with Gasteiger partial charge in [-0.2, -0.15) is 0 Å². The molecule has 0 saturated heterocycles. The Labute approximate surface area is 138 Å². The molecular formula is C13H13Cl3N2OS. The minimum atomic E-state index is -1.01. The van der Waals surface area contributed by atoms with Gasteiger partial charge in [-0.05, 0) is 50.2 Å². The summed E-state index contributed by atoms with van der Waals surface area (Å²) in [5.74, 6) is -0.293. The molecule has 1 aromatic rings. The summed E-state index contributed by atoms with van der Waals surface area (Å²) in [5, 5.41) is 6.30. The first-order valence-electron chi connectivity index (χ1n) is 5.92. The predicted molar refractivity (Wildman–Crippen MR) is 87.7 cm³/mol. The number of thiocarbonyl (C=S) groups is 1. The molecule has 2 N–H and O–H groups in total. The maximum absolute atomic E-state index is 12.0. The van der Waals surface area contributed by atoms with Crippen LogP contribution in [-0.4, -0.2) is 15.4 Å². The van der Waals surface area contributed by atoms with Gasteiger partial charge in [-0.3, -0.25) is 4.79 Å². The first-order valence-corrected chi connectivity index (χ1v) is 7.46. The van der Waals surface area contributed by atoms with Crippen LogP contribution >= 0.6 is 47.0 Å². The number of hydrogen-bond donors (Lipinski definition) is 2. The molecule has 3 nitrogen and oxygen atoms in total. The number of carbonyl (C=O) groups is 1. The molecular weight excluding hydrogens is 339 g/mol. The van der Waals surface area contributed by atoms with E-state index in [2.05, 4.69) is 10.6 Å². The smallest absolute Gasteiger partial charge is 0.235 e. The number of rotatable bonds is 2.